The second-order valence-corrected chi connectivity index (χ2v) is 12.5. The fourth-order valence-corrected chi connectivity index (χ4v) is 2.55. The van der Waals surface area contributed by atoms with Gasteiger partial charge in [0.15, 0.2) is 17.5 Å². The van der Waals surface area contributed by atoms with Gasteiger partial charge in [0, 0.05) is 18.4 Å². The van der Waals surface area contributed by atoms with Crippen molar-refractivity contribution in [2.45, 2.75) is 110 Å². The van der Waals surface area contributed by atoms with Crippen LogP contribution in [0.2, 0.25) is 0 Å². The van der Waals surface area contributed by atoms with E-state index in [1.54, 1.807) is 20.8 Å². The summed E-state index contributed by atoms with van der Waals surface area (Å²) in [5, 5.41) is 0.563. The van der Waals surface area contributed by atoms with E-state index in [1.807, 2.05) is 20.8 Å². The number of ketones is 1. The van der Waals surface area contributed by atoms with Crippen LogP contribution in [0.25, 0.3) is 0 Å². The first-order valence-electron chi connectivity index (χ1n) is 12.6. The van der Waals surface area contributed by atoms with Crippen LogP contribution in [-0.4, -0.2) is 40.6 Å². The Hall–Kier alpha value is -3.35. The topological polar surface area (TPSA) is 133 Å². The summed E-state index contributed by atoms with van der Waals surface area (Å²) in [6.45, 7) is 17.6. The maximum Gasteiger partial charge on any atom is 0.338 e. The minimum absolute atomic E-state index is 0. The number of esters is 1. The molecule has 1 fully saturated rings. The maximum atomic E-state index is 13.5. The number of hydrogen-bond acceptors (Lipinski definition) is 8. The Labute approximate surface area is 252 Å². The van der Waals surface area contributed by atoms with Crippen molar-refractivity contribution in [3.63, 3.8) is 0 Å². The van der Waals surface area contributed by atoms with Gasteiger partial charge in [0.25, 0.3) is 11.8 Å². The quantitative estimate of drug-likeness (QED) is 0.103. The summed E-state index contributed by atoms with van der Waals surface area (Å²) in [6.07, 6.45) is 0.243. The van der Waals surface area contributed by atoms with Crippen LogP contribution in [-0.2, 0) is 28.8 Å². The number of ether oxygens (including phenoxy) is 1. The lowest BCUT2D eigenvalue weighted by molar-refractivity contribution is -0.203. The van der Waals surface area contributed by atoms with Gasteiger partial charge in [-0.25, -0.2) is 18.0 Å². The van der Waals surface area contributed by atoms with Crippen LogP contribution in [0.5, 0.6) is 5.75 Å². The zero-order valence-corrected chi connectivity index (χ0v) is 25.4. The summed E-state index contributed by atoms with van der Waals surface area (Å²) >= 11 is 0. The SMILES string of the molecule is C.C.CC(=O)C(N)C(C)(C)C.CC(C)(C)C(=O)ON1C(=O)CCC1=O.Cc1c(F)c(F)c(F)c(OC(=O)C(C)(C)C)c1F. The molecule has 2 rings (SSSR count). The molecule has 0 bridgehead atoms. The van der Waals surface area contributed by atoms with Crippen LogP contribution < -0.4 is 10.5 Å². The molecule has 1 unspecified atom stereocenters. The van der Waals surface area contributed by atoms with E-state index < -0.39 is 69.2 Å². The van der Waals surface area contributed by atoms with Gasteiger partial charge in [-0.15, -0.1) is 5.06 Å². The molecule has 0 saturated carbocycles. The number of hydrogen-bond donors (Lipinski definition) is 1. The summed E-state index contributed by atoms with van der Waals surface area (Å²) in [5.74, 6) is -10.4. The predicted molar refractivity (Wildman–Crippen MR) is 154 cm³/mol. The Morgan fingerprint density at radius 1 is 0.744 bits per heavy atom. The van der Waals surface area contributed by atoms with Crippen LogP contribution in [0.4, 0.5) is 17.6 Å². The Bertz CT molecular complexity index is 1140. The minimum Gasteiger partial charge on any atom is -0.420 e. The molecule has 1 aromatic carbocycles. The molecule has 1 aliphatic rings. The summed E-state index contributed by atoms with van der Waals surface area (Å²) < 4.78 is 57.4. The van der Waals surface area contributed by atoms with E-state index in [0.29, 0.717) is 5.06 Å². The average molecular weight is 625 g/mol. The van der Waals surface area contributed by atoms with Crippen molar-refractivity contribution in [1.82, 2.24) is 5.06 Å². The average Bonchev–Trinajstić information content (AvgIpc) is 3.14. The molecule has 0 aromatic heterocycles. The van der Waals surface area contributed by atoms with Gasteiger partial charge in [-0.05, 0) is 60.8 Å². The highest BCUT2D eigenvalue weighted by Gasteiger charge is 2.36. The van der Waals surface area contributed by atoms with E-state index in [4.69, 9.17) is 10.6 Å². The highest BCUT2D eigenvalue weighted by atomic mass is 19.2. The molecule has 9 nitrogen and oxygen atoms in total. The number of nitrogens with two attached hydrogens (primary N) is 1. The molecule has 1 heterocycles. The molecule has 1 aliphatic heterocycles. The molecule has 2 amide bonds. The van der Waals surface area contributed by atoms with Crippen molar-refractivity contribution in [1.29, 1.82) is 0 Å². The van der Waals surface area contributed by atoms with Gasteiger partial charge in [-0.2, -0.15) is 4.39 Å². The first-order chi connectivity index (χ1) is 18.2. The number of carbonyl (C=O) groups excluding carboxylic acids is 5. The van der Waals surface area contributed by atoms with Crippen molar-refractivity contribution < 1.29 is 51.1 Å². The number of halogens is 4. The molecule has 1 aromatic rings. The summed E-state index contributed by atoms with van der Waals surface area (Å²) in [6, 6.07) is -0.322. The third-order valence-corrected chi connectivity index (χ3v) is 5.41. The predicted octanol–water partition coefficient (Wildman–Crippen LogP) is 6.36. The Morgan fingerprint density at radius 3 is 1.44 bits per heavy atom. The largest absolute Gasteiger partial charge is 0.420 e. The van der Waals surface area contributed by atoms with Gasteiger partial charge < -0.3 is 15.3 Å². The van der Waals surface area contributed by atoms with E-state index >= 15 is 0 Å². The molecule has 0 spiro atoms. The van der Waals surface area contributed by atoms with Gasteiger partial charge in [0.05, 0.1) is 16.9 Å². The lowest BCUT2D eigenvalue weighted by Crippen LogP contribution is -2.40. The second-order valence-electron chi connectivity index (χ2n) is 12.5. The first-order valence-corrected chi connectivity index (χ1v) is 12.6. The standard InChI is InChI=1S/C12H12F4O2.C9H13NO4.C7H15NO.2CH4/c1-5-6(13)8(15)9(16)10(7(5)14)18-11(17)12(2,3)4;1-9(2,3)8(13)14-10-6(11)4-5-7(10)12;1-5(9)6(8)7(2,3)4;;/h1-4H3;4-5H2,1-3H3;6H,8H2,1-4H3;2*1H4. The monoisotopic (exact) mass is 624 g/mol. The van der Waals surface area contributed by atoms with Gasteiger partial charge in [0.1, 0.15) is 5.78 Å². The van der Waals surface area contributed by atoms with E-state index in [9.17, 15) is 41.5 Å². The minimum atomic E-state index is -1.87. The number of rotatable bonds is 3. The molecule has 2 N–H and O–H groups in total. The smallest absolute Gasteiger partial charge is 0.338 e. The van der Waals surface area contributed by atoms with Gasteiger partial charge in [-0.3, -0.25) is 19.2 Å². The zero-order chi connectivity index (χ0) is 32.8. The lowest BCUT2D eigenvalue weighted by Gasteiger charge is -2.23. The molecule has 1 atom stereocenters. The fourth-order valence-electron chi connectivity index (χ4n) is 2.55. The van der Waals surface area contributed by atoms with Crippen molar-refractivity contribution in [2.75, 3.05) is 0 Å². The Kier molecular flexibility index (Phi) is 16.9. The number of nitrogens with zero attached hydrogens (tertiary/aromatic N) is 1. The van der Waals surface area contributed by atoms with E-state index in [0.717, 1.165) is 6.92 Å². The molecule has 0 aliphatic carbocycles. The maximum absolute atomic E-state index is 13.5. The number of amides is 2. The van der Waals surface area contributed by atoms with Crippen LogP contribution in [0.3, 0.4) is 0 Å². The van der Waals surface area contributed by atoms with E-state index in [-0.39, 0.29) is 44.9 Å². The second kappa shape index (κ2) is 16.5. The van der Waals surface area contributed by atoms with Crippen molar-refractivity contribution >= 4 is 29.5 Å². The normalized spacial score (nSPS) is 13.7. The van der Waals surface area contributed by atoms with Crippen molar-refractivity contribution in [3.8, 4) is 5.75 Å². The molecular weight excluding hydrogens is 576 g/mol. The van der Waals surface area contributed by atoms with E-state index in [2.05, 4.69) is 4.74 Å². The Balaban J connectivity index is -0.000000575. The zero-order valence-electron chi connectivity index (χ0n) is 25.4. The summed E-state index contributed by atoms with van der Waals surface area (Å²) in [4.78, 5) is 60.3. The number of benzene rings is 1. The highest BCUT2D eigenvalue weighted by molar-refractivity contribution is 6.01. The third-order valence-electron chi connectivity index (χ3n) is 5.41. The van der Waals surface area contributed by atoms with Crippen LogP contribution in [0.15, 0.2) is 0 Å². The molecule has 248 valence electrons. The number of carbonyl (C=O) groups is 5. The summed E-state index contributed by atoms with van der Waals surface area (Å²) in [5.41, 5.74) is 2.96. The number of Topliss-reactive ketones (excluding diaryl/α,β-unsaturated/α-hetero) is 1. The summed E-state index contributed by atoms with van der Waals surface area (Å²) in [7, 11) is 0. The molecule has 13 heteroatoms. The van der Waals surface area contributed by atoms with Crippen molar-refractivity contribution in [2.24, 2.45) is 22.0 Å². The van der Waals surface area contributed by atoms with Gasteiger partial charge in [0.2, 0.25) is 11.6 Å². The van der Waals surface area contributed by atoms with Crippen molar-refractivity contribution in [3.05, 3.63) is 28.8 Å². The third kappa shape index (κ3) is 12.8. The number of imide groups is 1. The van der Waals surface area contributed by atoms with Gasteiger partial charge in [-0.1, -0.05) is 35.6 Å². The van der Waals surface area contributed by atoms with Crippen LogP contribution in [0, 0.1) is 46.4 Å². The number of hydroxylamine groups is 2. The lowest BCUT2D eigenvalue weighted by atomic mass is 9.85. The Morgan fingerprint density at radius 2 is 1.14 bits per heavy atom. The first kappa shape index (κ1) is 44.1. The molecule has 43 heavy (non-hydrogen) atoms. The van der Waals surface area contributed by atoms with Gasteiger partial charge >= 0.3 is 11.9 Å². The van der Waals surface area contributed by atoms with Crippen LogP contribution in [0.1, 0.15) is 102 Å². The molecule has 1 saturated heterocycles. The fraction of sp³-hybridized carbons (Fsp3) is 0.633. The van der Waals surface area contributed by atoms with Crippen LogP contribution >= 0.6 is 0 Å². The molecular formula is C30H48F4N2O7. The highest BCUT2D eigenvalue weighted by Crippen LogP contribution is 2.31. The molecule has 0 radical (unpaired) electrons. The van der Waals surface area contributed by atoms with E-state index in [1.165, 1.54) is 27.7 Å².